The number of para-hydroxylation sites is 1. The van der Waals surface area contributed by atoms with Crippen LogP contribution in [-0.2, 0) is 6.54 Å². The number of hydrogen-bond acceptors (Lipinski definition) is 3. The first-order chi connectivity index (χ1) is 11.7. The van der Waals surface area contributed by atoms with E-state index in [4.69, 9.17) is 0 Å². The van der Waals surface area contributed by atoms with E-state index in [-0.39, 0.29) is 10.7 Å². The van der Waals surface area contributed by atoms with E-state index in [9.17, 15) is 9.18 Å². The number of pyridine rings is 1. The molecule has 2 heterocycles. The van der Waals surface area contributed by atoms with Crippen LogP contribution in [0.2, 0.25) is 0 Å². The molecule has 0 saturated carbocycles. The molecule has 24 heavy (non-hydrogen) atoms. The summed E-state index contributed by atoms with van der Waals surface area (Å²) in [4.78, 5) is 16.7. The van der Waals surface area contributed by atoms with Gasteiger partial charge in [0.15, 0.2) is 0 Å². The Morgan fingerprint density at radius 2 is 1.92 bits per heavy atom. The molecule has 0 radical (unpaired) electrons. The molecule has 4 rings (SSSR count). The van der Waals surface area contributed by atoms with Crippen molar-refractivity contribution in [1.29, 1.82) is 0 Å². The predicted octanol–water partition coefficient (Wildman–Crippen LogP) is 4.31. The van der Waals surface area contributed by atoms with Crippen LogP contribution in [-0.4, -0.2) is 9.55 Å². The Kier molecular flexibility index (Phi) is 3.70. The zero-order valence-electron chi connectivity index (χ0n) is 12.6. The molecule has 0 aliphatic heterocycles. The topological polar surface area (TPSA) is 34.9 Å². The number of nitrogens with zero attached hydrogens (tertiary/aromatic N) is 2. The number of aromatic nitrogens is 2. The van der Waals surface area contributed by atoms with Gasteiger partial charge in [0.25, 0.3) is 0 Å². The molecule has 0 aliphatic carbocycles. The third-order valence-electron chi connectivity index (χ3n) is 3.95. The first-order valence-corrected chi connectivity index (χ1v) is 8.37. The molecule has 0 atom stereocenters. The lowest BCUT2D eigenvalue weighted by atomic mass is 10.1. The summed E-state index contributed by atoms with van der Waals surface area (Å²) in [5.41, 5.74) is 3.26. The number of halogens is 1. The lowest BCUT2D eigenvalue weighted by molar-refractivity contribution is 0.628. The van der Waals surface area contributed by atoms with Gasteiger partial charge in [-0.25, -0.2) is 4.39 Å². The molecule has 5 heteroatoms. The van der Waals surface area contributed by atoms with Crippen molar-refractivity contribution in [2.24, 2.45) is 0 Å². The van der Waals surface area contributed by atoms with Gasteiger partial charge in [0, 0.05) is 22.5 Å². The summed E-state index contributed by atoms with van der Waals surface area (Å²) in [5, 5.41) is 2.81. The lowest BCUT2D eigenvalue weighted by Gasteiger charge is -2.10. The smallest absolute Gasteiger partial charge is 0.294 e. The molecule has 0 bridgehead atoms. The van der Waals surface area contributed by atoms with Crippen LogP contribution < -0.4 is 4.87 Å². The fraction of sp³-hybridized carbons (Fsp3) is 0.0526. The fourth-order valence-electron chi connectivity index (χ4n) is 2.82. The van der Waals surface area contributed by atoms with Crippen molar-refractivity contribution < 1.29 is 4.39 Å². The van der Waals surface area contributed by atoms with E-state index in [1.54, 1.807) is 22.2 Å². The third-order valence-corrected chi connectivity index (χ3v) is 4.71. The van der Waals surface area contributed by atoms with E-state index < -0.39 is 0 Å². The highest BCUT2D eigenvalue weighted by Crippen LogP contribution is 2.23. The fourth-order valence-corrected chi connectivity index (χ4v) is 3.58. The molecule has 0 aliphatic rings. The Morgan fingerprint density at radius 3 is 2.79 bits per heavy atom. The standard InChI is InChI=1S/C19H13FN2OS/c20-16-8-2-5-14(10-16)17-12-24-19(23)22(17)11-15-6-1-4-13-7-3-9-21-18(13)15/h1-10,12H,11H2. The predicted molar refractivity (Wildman–Crippen MR) is 94.8 cm³/mol. The normalized spacial score (nSPS) is 11.0. The Labute approximate surface area is 141 Å². The zero-order chi connectivity index (χ0) is 16.5. The van der Waals surface area contributed by atoms with Gasteiger partial charge in [-0.15, -0.1) is 0 Å². The minimum Gasteiger partial charge on any atom is -0.294 e. The van der Waals surface area contributed by atoms with Crippen LogP contribution in [0.4, 0.5) is 4.39 Å². The van der Waals surface area contributed by atoms with Crippen LogP contribution in [0, 0.1) is 5.82 Å². The maximum Gasteiger partial charge on any atom is 0.307 e. The number of benzene rings is 2. The molecule has 4 aromatic rings. The molecule has 0 N–H and O–H groups in total. The average Bonchev–Trinajstić information content (AvgIpc) is 2.96. The first-order valence-electron chi connectivity index (χ1n) is 7.49. The number of rotatable bonds is 3. The highest BCUT2D eigenvalue weighted by Gasteiger charge is 2.12. The van der Waals surface area contributed by atoms with Crippen LogP contribution in [0.1, 0.15) is 5.56 Å². The minimum absolute atomic E-state index is 0.0674. The van der Waals surface area contributed by atoms with Crippen LogP contribution >= 0.6 is 11.3 Å². The molecule has 0 spiro atoms. The van der Waals surface area contributed by atoms with Gasteiger partial charge in [0.1, 0.15) is 5.82 Å². The van der Waals surface area contributed by atoms with Crippen molar-refractivity contribution >= 4 is 22.2 Å². The van der Waals surface area contributed by atoms with E-state index in [0.717, 1.165) is 33.5 Å². The molecule has 0 unspecified atom stereocenters. The lowest BCUT2D eigenvalue weighted by Crippen LogP contribution is -2.15. The first kappa shape index (κ1) is 14.8. The average molecular weight is 336 g/mol. The van der Waals surface area contributed by atoms with E-state index in [1.807, 2.05) is 36.4 Å². The Hall–Kier alpha value is -2.79. The molecule has 0 fully saturated rings. The monoisotopic (exact) mass is 336 g/mol. The second kappa shape index (κ2) is 6.02. The largest absolute Gasteiger partial charge is 0.307 e. The van der Waals surface area contributed by atoms with Gasteiger partial charge >= 0.3 is 4.87 Å². The second-order valence-corrected chi connectivity index (χ2v) is 6.30. The summed E-state index contributed by atoms with van der Waals surface area (Å²) in [7, 11) is 0. The Balaban J connectivity index is 1.83. The maximum absolute atomic E-state index is 13.5. The molecule has 0 saturated heterocycles. The van der Waals surface area contributed by atoms with Gasteiger partial charge in [-0.2, -0.15) is 0 Å². The summed E-state index contributed by atoms with van der Waals surface area (Å²) >= 11 is 1.12. The van der Waals surface area contributed by atoms with E-state index in [1.165, 1.54) is 12.1 Å². The molecular formula is C19H13FN2OS. The Bertz CT molecular complexity index is 1080. The number of fused-ring (bicyclic) bond motifs is 1. The molecular weight excluding hydrogens is 323 g/mol. The molecule has 118 valence electrons. The van der Waals surface area contributed by atoms with Crippen molar-refractivity contribution in [2.45, 2.75) is 6.54 Å². The quantitative estimate of drug-likeness (QED) is 0.559. The summed E-state index contributed by atoms with van der Waals surface area (Å²) < 4.78 is 15.2. The van der Waals surface area contributed by atoms with Crippen LogP contribution in [0.15, 0.2) is 71.0 Å². The Morgan fingerprint density at radius 1 is 1.08 bits per heavy atom. The summed E-state index contributed by atoms with van der Waals surface area (Å²) in [5.74, 6) is -0.315. The van der Waals surface area contributed by atoms with E-state index >= 15 is 0 Å². The van der Waals surface area contributed by atoms with Crippen molar-refractivity contribution in [2.75, 3.05) is 0 Å². The maximum atomic E-state index is 13.5. The summed E-state index contributed by atoms with van der Waals surface area (Å²) in [6.07, 6.45) is 1.75. The van der Waals surface area contributed by atoms with E-state index in [2.05, 4.69) is 4.98 Å². The van der Waals surface area contributed by atoms with E-state index in [0.29, 0.717) is 12.1 Å². The summed E-state index contributed by atoms with van der Waals surface area (Å²) in [6.45, 7) is 0.405. The van der Waals surface area contributed by atoms with Crippen molar-refractivity contribution in [3.8, 4) is 11.3 Å². The SMILES string of the molecule is O=c1scc(-c2cccc(F)c2)n1Cc1cccc2cccnc12. The zero-order valence-corrected chi connectivity index (χ0v) is 13.5. The molecule has 2 aromatic carbocycles. The van der Waals surface area contributed by atoms with Gasteiger partial charge in [-0.05, 0) is 23.8 Å². The van der Waals surface area contributed by atoms with Gasteiger partial charge in [-0.3, -0.25) is 14.3 Å². The highest BCUT2D eigenvalue weighted by molar-refractivity contribution is 7.07. The van der Waals surface area contributed by atoms with Gasteiger partial charge in [-0.1, -0.05) is 47.7 Å². The molecule has 0 amide bonds. The van der Waals surface area contributed by atoms with Crippen molar-refractivity contribution in [3.05, 3.63) is 87.2 Å². The number of thiazole rings is 1. The van der Waals surface area contributed by atoms with Crippen LogP contribution in [0.5, 0.6) is 0 Å². The van der Waals surface area contributed by atoms with Crippen molar-refractivity contribution in [3.63, 3.8) is 0 Å². The molecule has 2 aromatic heterocycles. The minimum atomic E-state index is -0.315. The van der Waals surface area contributed by atoms with Crippen LogP contribution in [0.3, 0.4) is 0 Å². The van der Waals surface area contributed by atoms with Crippen molar-refractivity contribution in [1.82, 2.24) is 9.55 Å². The highest BCUT2D eigenvalue weighted by atomic mass is 32.1. The summed E-state index contributed by atoms with van der Waals surface area (Å²) in [6, 6.07) is 16.1. The van der Waals surface area contributed by atoms with Gasteiger partial charge < -0.3 is 0 Å². The third kappa shape index (κ3) is 2.63. The van der Waals surface area contributed by atoms with Gasteiger partial charge in [0.05, 0.1) is 17.8 Å². The number of hydrogen-bond donors (Lipinski definition) is 0. The second-order valence-electron chi connectivity index (χ2n) is 5.48. The molecule has 3 nitrogen and oxygen atoms in total. The van der Waals surface area contributed by atoms with Gasteiger partial charge in [0.2, 0.25) is 0 Å². The van der Waals surface area contributed by atoms with Crippen LogP contribution in [0.25, 0.3) is 22.2 Å².